The molecule has 0 bridgehead atoms. The van der Waals surface area contributed by atoms with Crippen molar-refractivity contribution in [2.24, 2.45) is 0 Å². The number of anilines is 1. The lowest BCUT2D eigenvalue weighted by atomic mass is 10.1. The van der Waals surface area contributed by atoms with Crippen LogP contribution in [0.5, 0.6) is 0 Å². The van der Waals surface area contributed by atoms with Crippen LogP contribution in [0.3, 0.4) is 0 Å². The molecule has 1 aromatic carbocycles. The van der Waals surface area contributed by atoms with Crippen LogP contribution in [-0.2, 0) is 6.54 Å². The van der Waals surface area contributed by atoms with Crippen LogP contribution in [0.4, 0.5) is 11.4 Å². The molecule has 19 heavy (non-hydrogen) atoms. The number of hydrogen-bond donors (Lipinski definition) is 2. The third-order valence-electron chi connectivity index (χ3n) is 2.38. The fourth-order valence-electron chi connectivity index (χ4n) is 1.49. The van der Waals surface area contributed by atoms with Crippen molar-refractivity contribution in [1.82, 2.24) is 10.5 Å². The highest BCUT2D eigenvalue weighted by molar-refractivity contribution is 5.98. The number of nitrogens with one attached hydrogen (secondary N) is 1. The van der Waals surface area contributed by atoms with E-state index in [0.717, 1.165) is 0 Å². The zero-order valence-electron chi connectivity index (χ0n) is 9.70. The summed E-state index contributed by atoms with van der Waals surface area (Å²) in [5.74, 6) is -0.595. The van der Waals surface area contributed by atoms with E-state index in [1.54, 1.807) is 6.07 Å². The number of nitrogens with two attached hydrogens (primary N) is 1. The molecule has 0 radical (unpaired) electrons. The SMILES string of the molecule is Nc1ccc([N+](=O)[O-])c(C(=O)NCc2ccon2)c1. The van der Waals surface area contributed by atoms with Gasteiger partial charge in [0.25, 0.3) is 11.6 Å². The summed E-state index contributed by atoms with van der Waals surface area (Å²) >= 11 is 0. The molecule has 0 saturated carbocycles. The maximum Gasteiger partial charge on any atom is 0.282 e. The minimum atomic E-state index is -0.634. The van der Waals surface area contributed by atoms with Gasteiger partial charge >= 0.3 is 0 Å². The first kappa shape index (κ1) is 12.6. The number of aromatic nitrogens is 1. The van der Waals surface area contributed by atoms with E-state index < -0.39 is 10.8 Å². The Bertz CT molecular complexity index is 609. The highest BCUT2D eigenvalue weighted by Gasteiger charge is 2.20. The van der Waals surface area contributed by atoms with Gasteiger partial charge in [-0.2, -0.15) is 0 Å². The third kappa shape index (κ3) is 2.86. The quantitative estimate of drug-likeness (QED) is 0.482. The van der Waals surface area contributed by atoms with Crippen LogP contribution in [0.15, 0.2) is 35.1 Å². The summed E-state index contributed by atoms with van der Waals surface area (Å²) < 4.78 is 4.60. The van der Waals surface area contributed by atoms with E-state index in [1.165, 1.54) is 24.5 Å². The average Bonchev–Trinajstić information content (AvgIpc) is 2.88. The minimum absolute atomic E-state index is 0.0894. The number of benzene rings is 1. The monoisotopic (exact) mass is 262 g/mol. The summed E-state index contributed by atoms with van der Waals surface area (Å²) in [5.41, 5.74) is 5.93. The number of nitro benzene ring substituents is 1. The molecule has 0 saturated heterocycles. The van der Waals surface area contributed by atoms with Gasteiger partial charge in [0, 0.05) is 17.8 Å². The van der Waals surface area contributed by atoms with E-state index in [9.17, 15) is 14.9 Å². The molecule has 0 aliphatic rings. The minimum Gasteiger partial charge on any atom is -0.399 e. The van der Waals surface area contributed by atoms with Gasteiger partial charge in [0.15, 0.2) is 0 Å². The van der Waals surface area contributed by atoms with Crippen molar-refractivity contribution < 1.29 is 14.2 Å². The summed E-state index contributed by atoms with van der Waals surface area (Å²) in [6.45, 7) is 0.112. The molecule has 0 aliphatic carbocycles. The molecule has 0 fully saturated rings. The van der Waals surface area contributed by atoms with Gasteiger partial charge in [-0.15, -0.1) is 0 Å². The first-order chi connectivity index (χ1) is 9.08. The van der Waals surface area contributed by atoms with Gasteiger partial charge < -0.3 is 15.6 Å². The summed E-state index contributed by atoms with van der Waals surface area (Å²) in [4.78, 5) is 22.1. The Balaban J connectivity index is 2.18. The van der Waals surface area contributed by atoms with E-state index in [4.69, 9.17) is 5.73 Å². The van der Waals surface area contributed by atoms with Crippen molar-refractivity contribution in [2.45, 2.75) is 6.54 Å². The van der Waals surface area contributed by atoms with E-state index >= 15 is 0 Å². The maximum atomic E-state index is 11.9. The zero-order chi connectivity index (χ0) is 13.8. The van der Waals surface area contributed by atoms with Crippen LogP contribution in [0, 0.1) is 10.1 Å². The van der Waals surface area contributed by atoms with Gasteiger partial charge in [0.2, 0.25) is 0 Å². The smallest absolute Gasteiger partial charge is 0.282 e. The van der Waals surface area contributed by atoms with Crippen LogP contribution >= 0.6 is 0 Å². The summed E-state index contributed by atoms with van der Waals surface area (Å²) in [6.07, 6.45) is 1.37. The first-order valence-electron chi connectivity index (χ1n) is 5.29. The van der Waals surface area contributed by atoms with Gasteiger partial charge in [-0.05, 0) is 12.1 Å². The van der Waals surface area contributed by atoms with Crippen LogP contribution in [0.25, 0.3) is 0 Å². The molecule has 0 unspecified atom stereocenters. The molecule has 8 nitrogen and oxygen atoms in total. The second-order valence-corrected chi connectivity index (χ2v) is 3.71. The number of nitro groups is 1. The molecule has 1 aromatic heterocycles. The van der Waals surface area contributed by atoms with E-state index in [1.807, 2.05) is 0 Å². The van der Waals surface area contributed by atoms with Crippen molar-refractivity contribution >= 4 is 17.3 Å². The molecular formula is C11H10N4O4. The van der Waals surface area contributed by atoms with Crippen LogP contribution in [0.2, 0.25) is 0 Å². The Labute approximate surface area is 107 Å². The lowest BCUT2D eigenvalue weighted by Crippen LogP contribution is -2.24. The van der Waals surface area contributed by atoms with Gasteiger partial charge in [-0.25, -0.2) is 0 Å². The Kier molecular flexibility index (Phi) is 3.42. The van der Waals surface area contributed by atoms with Gasteiger partial charge in [-0.1, -0.05) is 5.16 Å². The average molecular weight is 262 g/mol. The molecule has 1 heterocycles. The maximum absolute atomic E-state index is 11.9. The fraction of sp³-hybridized carbons (Fsp3) is 0.0909. The van der Waals surface area contributed by atoms with Gasteiger partial charge in [-0.3, -0.25) is 14.9 Å². The van der Waals surface area contributed by atoms with Crippen LogP contribution < -0.4 is 11.1 Å². The van der Waals surface area contributed by atoms with Crippen molar-refractivity contribution in [1.29, 1.82) is 0 Å². The predicted molar refractivity (Wildman–Crippen MR) is 65.2 cm³/mol. The highest BCUT2D eigenvalue weighted by atomic mass is 16.6. The molecule has 3 N–H and O–H groups in total. The van der Waals surface area contributed by atoms with Crippen molar-refractivity contribution in [2.75, 3.05) is 5.73 Å². The Morgan fingerprint density at radius 2 is 2.26 bits per heavy atom. The third-order valence-corrected chi connectivity index (χ3v) is 2.38. The number of rotatable bonds is 4. The molecule has 98 valence electrons. The molecule has 8 heteroatoms. The molecular weight excluding hydrogens is 252 g/mol. The number of nitrogens with zero attached hydrogens (tertiary/aromatic N) is 2. The van der Waals surface area contributed by atoms with E-state index in [-0.39, 0.29) is 23.5 Å². The van der Waals surface area contributed by atoms with Crippen molar-refractivity contribution in [3.05, 3.63) is 51.9 Å². The fourth-order valence-corrected chi connectivity index (χ4v) is 1.49. The molecule has 2 aromatic rings. The lowest BCUT2D eigenvalue weighted by molar-refractivity contribution is -0.385. The predicted octanol–water partition coefficient (Wildman–Crippen LogP) is 1.09. The summed E-state index contributed by atoms with van der Waals surface area (Å²) in [7, 11) is 0. The number of carbonyl (C=O) groups excluding carboxylic acids is 1. The largest absolute Gasteiger partial charge is 0.399 e. The molecule has 0 spiro atoms. The molecule has 1 amide bonds. The number of hydrogen-bond acceptors (Lipinski definition) is 6. The summed E-state index contributed by atoms with van der Waals surface area (Å²) in [5, 5.41) is 16.9. The molecule has 0 atom stereocenters. The Morgan fingerprint density at radius 1 is 1.47 bits per heavy atom. The van der Waals surface area contributed by atoms with Crippen molar-refractivity contribution in [3.8, 4) is 0 Å². The Hall–Kier alpha value is -2.90. The summed E-state index contributed by atoms with van der Waals surface area (Å²) in [6, 6.07) is 5.40. The molecule has 2 rings (SSSR count). The Morgan fingerprint density at radius 3 is 2.89 bits per heavy atom. The number of amides is 1. The normalized spacial score (nSPS) is 10.1. The van der Waals surface area contributed by atoms with Crippen molar-refractivity contribution in [3.63, 3.8) is 0 Å². The molecule has 0 aliphatic heterocycles. The topological polar surface area (TPSA) is 124 Å². The van der Waals surface area contributed by atoms with E-state index in [2.05, 4.69) is 15.0 Å². The second kappa shape index (κ2) is 5.17. The van der Waals surface area contributed by atoms with Crippen LogP contribution in [0.1, 0.15) is 16.1 Å². The van der Waals surface area contributed by atoms with Crippen LogP contribution in [-0.4, -0.2) is 16.0 Å². The van der Waals surface area contributed by atoms with Gasteiger partial charge in [0.1, 0.15) is 17.5 Å². The number of carbonyl (C=O) groups is 1. The second-order valence-electron chi connectivity index (χ2n) is 3.71. The number of nitrogen functional groups attached to an aromatic ring is 1. The van der Waals surface area contributed by atoms with E-state index in [0.29, 0.717) is 5.69 Å². The standard InChI is InChI=1S/C11H10N4O4/c12-7-1-2-10(15(17)18)9(5-7)11(16)13-6-8-3-4-19-14-8/h1-5H,6,12H2,(H,13,16). The lowest BCUT2D eigenvalue weighted by Gasteiger charge is -2.05. The first-order valence-corrected chi connectivity index (χ1v) is 5.29. The van der Waals surface area contributed by atoms with Gasteiger partial charge in [0.05, 0.1) is 11.5 Å². The zero-order valence-corrected chi connectivity index (χ0v) is 9.70. The highest BCUT2D eigenvalue weighted by Crippen LogP contribution is 2.21.